The van der Waals surface area contributed by atoms with E-state index in [1.807, 2.05) is 13.1 Å². The van der Waals surface area contributed by atoms with Gasteiger partial charge < -0.3 is 5.32 Å². The second-order valence-corrected chi connectivity index (χ2v) is 6.25. The number of rotatable bonds is 5. The van der Waals surface area contributed by atoms with E-state index in [1.165, 1.54) is 5.56 Å². The first-order valence-electron chi connectivity index (χ1n) is 7.36. The van der Waals surface area contributed by atoms with Gasteiger partial charge in [0.1, 0.15) is 0 Å². The monoisotopic (exact) mass is 347 g/mol. The second-order valence-electron chi connectivity index (χ2n) is 5.39. The van der Waals surface area contributed by atoms with Gasteiger partial charge in [0.2, 0.25) is 0 Å². The lowest BCUT2D eigenvalue weighted by Gasteiger charge is -2.16. The predicted octanol–water partition coefficient (Wildman–Crippen LogP) is 4.58. The SMILES string of the molecule is CCCNC(C)c1cnc(-c2ccc(C)cc2Br)nc1C. The summed E-state index contributed by atoms with van der Waals surface area (Å²) in [7, 11) is 0. The zero-order valence-electron chi connectivity index (χ0n) is 13.1. The lowest BCUT2D eigenvalue weighted by Crippen LogP contribution is -2.20. The molecule has 0 radical (unpaired) electrons. The minimum absolute atomic E-state index is 0.278. The topological polar surface area (TPSA) is 37.8 Å². The lowest BCUT2D eigenvalue weighted by molar-refractivity contribution is 0.564. The van der Waals surface area contributed by atoms with Crippen molar-refractivity contribution < 1.29 is 0 Å². The summed E-state index contributed by atoms with van der Waals surface area (Å²) < 4.78 is 1.03. The average Bonchev–Trinajstić information content (AvgIpc) is 2.44. The van der Waals surface area contributed by atoms with Crippen molar-refractivity contribution in [2.45, 2.75) is 40.2 Å². The number of hydrogen-bond donors (Lipinski definition) is 1. The molecule has 1 aromatic carbocycles. The fourth-order valence-electron chi connectivity index (χ4n) is 2.30. The Morgan fingerprint density at radius 2 is 2.05 bits per heavy atom. The van der Waals surface area contributed by atoms with Crippen LogP contribution >= 0.6 is 15.9 Å². The maximum Gasteiger partial charge on any atom is 0.160 e. The Kier molecular flexibility index (Phi) is 5.48. The lowest BCUT2D eigenvalue weighted by atomic mass is 10.1. The summed E-state index contributed by atoms with van der Waals surface area (Å²) >= 11 is 3.60. The highest BCUT2D eigenvalue weighted by molar-refractivity contribution is 9.10. The molecule has 0 aliphatic rings. The van der Waals surface area contributed by atoms with Crippen LogP contribution in [0.15, 0.2) is 28.9 Å². The summed E-state index contributed by atoms with van der Waals surface area (Å²) in [4.78, 5) is 9.23. The van der Waals surface area contributed by atoms with E-state index in [-0.39, 0.29) is 6.04 Å². The van der Waals surface area contributed by atoms with Gasteiger partial charge in [-0.1, -0.05) is 28.9 Å². The third-order valence-electron chi connectivity index (χ3n) is 3.55. The molecule has 0 aliphatic carbocycles. The molecule has 21 heavy (non-hydrogen) atoms. The number of hydrogen-bond acceptors (Lipinski definition) is 3. The van der Waals surface area contributed by atoms with Crippen LogP contribution in [0.25, 0.3) is 11.4 Å². The molecule has 2 aromatic rings. The molecule has 1 heterocycles. The van der Waals surface area contributed by atoms with Crippen LogP contribution in [0, 0.1) is 13.8 Å². The molecular weight excluding hydrogens is 326 g/mol. The number of benzene rings is 1. The smallest absolute Gasteiger partial charge is 0.160 e. The zero-order chi connectivity index (χ0) is 15.4. The van der Waals surface area contributed by atoms with E-state index in [2.05, 4.69) is 70.2 Å². The number of nitrogens with zero attached hydrogens (tertiary/aromatic N) is 2. The Balaban J connectivity index is 2.30. The fraction of sp³-hybridized carbons (Fsp3) is 0.412. The third-order valence-corrected chi connectivity index (χ3v) is 4.21. The molecule has 0 fully saturated rings. The molecule has 0 spiro atoms. The normalized spacial score (nSPS) is 12.4. The Hall–Kier alpha value is -1.26. The van der Waals surface area contributed by atoms with Gasteiger partial charge in [-0.2, -0.15) is 0 Å². The van der Waals surface area contributed by atoms with Crippen molar-refractivity contribution in [3.05, 3.63) is 45.7 Å². The molecule has 0 saturated carbocycles. The molecule has 2 rings (SSSR count). The van der Waals surface area contributed by atoms with Crippen LogP contribution in [0.4, 0.5) is 0 Å². The Bertz CT molecular complexity index is 625. The van der Waals surface area contributed by atoms with Crippen LogP contribution in [0.1, 0.15) is 43.1 Å². The van der Waals surface area contributed by atoms with E-state index >= 15 is 0 Å². The van der Waals surface area contributed by atoms with E-state index in [0.29, 0.717) is 0 Å². The van der Waals surface area contributed by atoms with Gasteiger partial charge in [-0.3, -0.25) is 0 Å². The van der Waals surface area contributed by atoms with Crippen molar-refractivity contribution in [1.29, 1.82) is 0 Å². The van der Waals surface area contributed by atoms with E-state index in [4.69, 9.17) is 0 Å². The number of aromatic nitrogens is 2. The van der Waals surface area contributed by atoms with Gasteiger partial charge in [-0.05, 0) is 51.4 Å². The van der Waals surface area contributed by atoms with Crippen LogP contribution in [-0.2, 0) is 0 Å². The molecule has 0 bridgehead atoms. The molecule has 1 atom stereocenters. The first-order chi connectivity index (χ1) is 10.0. The summed E-state index contributed by atoms with van der Waals surface area (Å²) in [5.41, 5.74) is 4.44. The number of aryl methyl sites for hydroxylation is 2. The van der Waals surface area contributed by atoms with Crippen LogP contribution < -0.4 is 5.32 Å². The van der Waals surface area contributed by atoms with E-state index in [1.54, 1.807) is 0 Å². The molecule has 1 N–H and O–H groups in total. The zero-order valence-corrected chi connectivity index (χ0v) is 14.7. The standard InChI is InChI=1S/C17H22BrN3/c1-5-8-19-12(3)15-10-20-17(21-13(15)4)14-7-6-11(2)9-16(14)18/h6-7,9-10,12,19H,5,8H2,1-4H3. The van der Waals surface area contributed by atoms with Gasteiger partial charge in [0.15, 0.2) is 5.82 Å². The summed E-state index contributed by atoms with van der Waals surface area (Å²) in [5, 5.41) is 3.48. The van der Waals surface area contributed by atoms with Gasteiger partial charge in [0.05, 0.1) is 0 Å². The first kappa shape index (κ1) is 16.1. The minimum atomic E-state index is 0.278. The van der Waals surface area contributed by atoms with Crippen LogP contribution in [-0.4, -0.2) is 16.5 Å². The maximum absolute atomic E-state index is 4.68. The molecule has 1 unspecified atom stereocenters. The van der Waals surface area contributed by atoms with E-state index in [9.17, 15) is 0 Å². The molecule has 4 heteroatoms. The van der Waals surface area contributed by atoms with Gasteiger partial charge in [-0.15, -0.1) is 0 Å². The Morgan fingerprint density at radius 3 is 2.67 bits per heavy atom. The predicted molar refractivity (Wildman–Crippen MR) is 91.4 cm³/mol. The van der Waals surface area contributed by atoms with Gasteiger partial charge in [-0.25, -0.2) is 9.97 Å². The Morgan fingerprint density at radius 1 is 1.29 bits per heavy atom. The van der Waals surface area contributed by atoms with E-state index < -0.39 is 0 Å². The molecule has 0 amide bonds. The van der Waals surface area contributed by atoms with Crippen molar-refractivity contribution in [1.82, 2.24) is 15.3 Å². The Labute approximate surface area is 135 Å². The van der Waals surface area contributed by atoms with Crippen LogP contribution in [0.3, 0.4) is 0 Å². The average molecular weight is 348 g/mol. The third kappa shape index (κ3) is 3.89. The molecule has 112 valence electrons. The highest BCUT2D eigenvalue weighted by Crippen LogP contribution is 2.27. The van der Waals surface area contributed by atoms with Gasteiger partial charge in [0, 0.05) is 33.5 Å². The van der Waals surface area contributed by atoms with Crippen molar-refractivity contribution in [3.63, 3.8) is 0 Å². The quantitative estimate of drug-likeness (QED) is 0.859. The summed E-state index contributed by atoms with van der Waals surface area (Å²) in [5.74, 6) is 0.769. The van der Waals surface area contributed by atoms with Crippen LogP contribution in [0.2, 0.25) is 0 Å². The molecule has 1 aromatic heterocycles. The van der Waals surface area contributed by atoms with Gasteiger partial charge >= 0.3 is 0 Å². The second kappa shape index (κ2) is 7.14. The van der Waals surface area contributed by atoms with Crippen molar-refractivity contribution in [3.8, 4) is 11.4 Å². The van der Waals surface area contributed by atoms with Crippen molar-refractivity contribution in [2.24, 2.45) is 0 Å². The molecule has 3 nitrogen and oxygen atoms in total. The fourth-order valence-corrected chi connectivity index (χ4v) is 2.97. The van der Waals surface area contributed by atoms with Crippen molar-refractivity contribution in [2.75, 3.05) is 6.54 Å². The highest BCUT2D eigenvalue weighted by Gasteiger charge is 2.12. The molecule has 0 aliphatic heterocycles. The summed E-state index contributed by atoms with van der Waals surface area (Å²) in [6.07, 6.45) is 3.07. The molecular formula is C17H22BrN3. The highest BCUT2D eigenvalue weighted by atomic mass is 79.9. The maximum atomic E-state index is 4.68. The van der Waals surface area contributed by atoms with Crippen molar-refractivity contribution >= 4 is 15.9 Å². The molecule has 0 saturated heterocycles. The minimum Gasteiger partial charge on any atom is -0.310 e. The number of halogens is 1. The summed E-state index contributed by atoms with van der Waals surface area (Å²) in [6, 6.07) is 6.51. The van der Waals surface area contributed by atoms with Crippen LogP contribution in [0.5, 0.6) is 0 Å². The number of nitrogens with one attached hydrogen (secondary N) is 1. The largest absolute Gasteiger partial charge is 0.310 e. The van der Waals surface area contributed by atoms with E-state index in [0.717, 1.165) is 40.1 Å². The summed E-state index contributed by atoms with van der Waals surface area (Å²) in [6.45, 7) is 9.45. The van der Waals surface area contributed by atoms with Gasteiger partial charge in [0.25, 0.3) is 0 Å². The first-order valence-corrected chi connectivity index (χ1v) is 8.15.